The molecule has 0 aromatic heterocycles. The van der Waals surface area contributed by atoms with Crippen LogP contribution in [0.2, 0.25) is 0 Å². The summed E-state index contributed by atoms with van der Waals surface area (Å²) in [6.45, 7) is 4.77. The number of hydrogen-bond acceptors (Lipinski definition) is 3. The van der Waals surface area contributed by atoms with Crippen LogP contribution < -0.4 is 10.2 Å². The van der Waals surface area contributed by atoms with E-state index in [9.17, 15) is 13.2 Å². The summed E-state index contributed by atoms with van der Waals surface area (Å²) in [5.74, 6) is 0. The Kier molecular flexibility index (Phi) is 4.07. The first-order chi connectivity index (χ1) is 8.44. The van der Waals surface area contributed by atoms with Crippen molar-refractivity contribution in [2.75, 3.05) is 24.5 Å². The molecule has 6 heteroatoms. The first-order valence-electron chi connectivity index (χ1n) is 5.78. The molecule has 2 nitrogen and oxygen atoms in total. The predicted octanol–water partition coefficient (Wildman–Crippen LogP) is 3.10. The lowest BCUT2D eigenvalue weighted by Crippen LogP contribution is -2.49. The fourth-order valence-corrected chi connectivity index (χ4v) is 2.56. The summed E-state index contributed by atoms with van der Waals surface area (Å²) in [6.07, 6.45) is 0. The van der Waals surface area contributed by atoms with E-state index in [0.717, 1.165) is 25.3 Å². The van der Waals surface area contributed by atoms with Gasteiger partial charge in [0.05, 0.1) is 0 Å². The third kappa shape index (κ3) is 3.81. The van der Waals surface area contributed by atoms with Gasteiger partial charge in [-0.2, -0.15) is 13.2 Å². The maximum atomic E-state index is 12.2. The van der Waals surface area contributed by atoms with E-state index in [4.69, 9.17) is 0 Å². The Morgan fingerprint density at radius 2 is 1.94 bits per heavy atom. The smallest absolute Gasteiger partial charge is 0.369 e. The fraction of sp³-hybridized carbons (Fsp3) is 0.500. The summed E-state index contributed by atoms with van der Waals surface area (Å²) in [7, 11) is 0. The molecule has 1 N–H and O–H groups in total. The van der Waals surface area contributed by atoms with Gasteiger partial charge in [-0.3, -0.25) is 0 Å². The maximum absolute atomic E-state index is 12.2. The lowest BCUT2D eigenvalue weighted by molar-refractivity contribution is -0.0328. The van der Waals surface area contributed by atoms with Crippen LogP contribution in [-0.4, -0.2) is 31.2 Å². The van der Waals surface area contributed by atoms with E-state index in [1.54, 1.807) is 12.1 Å². The van der Waals surface area contributed by atoms with Crippen LogP contribution >= 0.6 is 11.8 Å². The van der Waals surface area contributed by atoms with E-state index >= 15 is 0 Å². The lowest BCUT2D eigenvalue weighted by Gasteiger charge is -2.33. The zero-order chi connectivity index (χ0) is 13.2. The molecule has 0 amide bonds. The highest BCUT2D eigenvalue weighted by molar-refractivity contribution is 8.00. The number of piperazine rings is 1. The topological polar surface area (TPSA) is 15.3 Å². The normalized spacial score (nSPS) is 21.1. The molecule has 1 fully saturated rings. The SMILES string of the molecule is CC1CN(c2ccc(SC(F)(F)F)cc2)CCN1. The second-order valence-corrected chi connectivity index (χ2v) is 5.48. The Morgan fingerprint density at radius 1 is 1.28 bits per heavy atom. The van der Waals surface area contributed by atoms with Crippen molar-refractivity contribution in [2.24, 2.45) is 0 Å². The molecule has 0 aliphatic carbocycles. The van der Waals surface area contributed by atoms with Gasteiger partial charge in [-0.05, 0) is 43.0 Å². The number of halogens is 3. The van der Waals surface area contributed by atoms with Gasteiger partial charge in [-0.15, -0.1) is 0 Å². The minimum Gasteiger partial charge on any atom is -0.369 e. The van der Waals surface area contributed by atoms with Crippen molar-refractivity contribution >= 4 is 17.4 Å². The monoisotopic (exact) mass is 276 g/mol. The number of benzene rings is 1. The first kappa shape index (κ1) is 13.5. The van der Waals surface area contributed by atoms with Gasteiger partial charge in [-0.25, -0.2) is 0 Å². The Balaban J connectivity index is 2.03. The summed E-state index contributed by atoms with van der Waals surface area (Å²) in [5, 5.41) is 3.33. The van der Waals surface area contributed by atoms with Crippen molar-refractivity contribution in [1.29, 1.82) is 0 Å². The molecule has 2 rings (SSSR count). The van der Waals surface area contributed by atoms with Crippen molar-refractivity contribution in [3.8, 4) is 0 Å². The third-order valence-electron chi connectivity index (χ3n) is 2.80. The lowest BCUT2D eigenvalue weighted by atomic mass is 10.2. The molecule has 1 aliphatic heterocycles. The van der Waals surface area contributed by atoms with Gasteiger partial charge in [0.2, 0.25) is 0 Å². The summed E-state index contributed by atoms with van der Waals surface area (Å²) >= 11 is -0.0742. The summed E-state index contributed by atoms with van der Waals surface area (Å²) in [4.78, 5) is 2.41. The first-order valence-corrected chi connectivity index (χ1v) is 6.60. The Bertz CT molecular complexity index is 391. The van der Waals surface area contributed by atoms with Crippen LogP contribution in [0.5, 0.6) is 0 Å². The zero-order valence-corrected chi connectivity index (χ0v) is 10.8. The van der Waals surface area contributed by atoms with Crippen LogP contribution in [0.15, 0.2) is 29.2 Å². The third-order valence-corrected chi connectivity index (χ3v) is 3.54. The molecular weight excluding hydrogens is 261 g/mol. The summed E-state index contributed by atoms with van der Waals surface area (Å²) in [6, 6.07) is 6.97. The van der Waals surface area contributed by atoms with E-state index < -0.39 is 5.51 Å². The quantitative estimate of drug-likeness (QED) is 0.836. The van der Waals surface area contributed by atoms with Crippen molar-refractivity contribution in [1.82, 2.24) is 5.32 Å². The van der Waals surface area contributed by atoms with Crippen molar-refractivity contribution < 1.29 is 13.2 Å². The van der Waals surface area contributed by atoms with Crippen LogP contribution in [0.3, 0.4) is 0 Å². The highest BCUT2D eigenvalue weighted by Crippen LogP contribution is 2.37. The molecule has 0 spiro atoms. The van der Waals surface area contributed by atoms with E-state index in [0.29, 0.717) is 6.04 Å². The molecule has 1 saturated heterocycles. The van der Waals surface area contributed by atoms with Gasteiger partial charge >= 0.3 is 5.51 Å². The van der Waals surface area contributed by atoms with Crippen molar-refractivity contribution in [2.45, 2.75) is 23.4 Å². The van der Waals surface area contributed by atoms with Gasteiger partial charge in [0.15, 0.2) is 0 Å². The largest absolute Gasteiger partial charge is 0.446 e. The Labute approximate surface area is 109 Å². The van der Waals surface area contributed by atoms with Crippen LogP contribution in [0.1, 0.15) is 6.92 Å². The van der Waals surface area contributed by atoms with Crippen LogP contribution in [0.25, 0.3) is 0 Å². The molecule has 1 aromatic rings. The number of nitrogens with one attached hydrogen (secondary N) is 1. The fourth-order valence-electron chi connectivity index (χ4n) is 2.03. The van der Waals surface area contributed by atoms with Crippen LogP contribution in [-0.2, 0) is 0 Å². The molecule has 100 valence electrons. The molecule has 18 heavy (non-hydrogen) atoms. The number of anilines is 1. The average molecular weight is 276 g/mol. The van der Waals surface area contributed by atoms with Gasteiger partial charge in [0.25, 0.3) is 0 Å². The minimum absolute atomic E-state index is 0.0742. The number of nitrogens with zero attached hydrogens (tertiary/aromatic N) is 1. The number of alkyl halides is 3. The number of hydrogen-bond donors (Lipinski definition) is 1. The molecule has 1 atom stereocenters. The molecule has 0 saturated carbocycles. The minimum atomic E-state index is -4.22. The standard InChI is InChI=1S/C12H15F3N2S/c1-9-8-17(7-6-16-9)10-2-4-11(5-3-10)18-12(13,14)15/h2-5,9,16H,6-8H2,1H3. The predicted molar refractivity (Wildman–Crippen MR) is 68.0 cm³/mol. The van der Waals surface area contributed by atoms with E-state index in [2.05, 4.69) is 17.1 Å². The summed E-state index contributed by atoms with van der Waals surface area (Å²) in [5.41, 5.74) is -3.24. The zero-order valence-electron chi connectivity index (χ0n) is 10.00. The van der Waals surface area contributed by atoms with Crippen LogP contribution in [0, 0.1) is 0 Å². The summed E-state index contributed by atoms with van der Waals surface area (Å²) < 4.78 is 36.6. The van der Waals surface area contributed by atoms with E-state index in [-0.39, 0.29) is 16.7 Å². The number of thioether (sulfide) groups is 1. The van der Waals surface area contributed by atoms with Gasteiger partial charge in [0, 0.05) is 36.3 Å². The molecule has 1 heterocycles. The van der Waals surface area contributed by atoms with Crippen molar-refractivity contribution in [3.63, 3.8) is 0 Å². The highest BCUT2D eigenvalue weighted by atomic mass is 32.2. The average Bonchev–Trinajstić information content (AvgIpc) is 2.28. The second-order valence-electron chi connectivity index (χ2n) is 4.34. The van der Waals surface area contributed by atoms with Crippen molar-refractivity contribution in [3.05, 3.63) is 24.3 Å². The van der Waals surface area contributed by atoms with Gasteiger partial charge < -0.3 is 10.2 Å². The van der Waals surface area contributed by atoms with E-state index in [1.165, 1.54) is 12.1 Å². The molecule has 0 bridgehead atoms. The molecule has 1 unspecified atom stereocenters. The maximum Gasteiger partial charge on any atom is 0.446 e. The van der Waals surface area contributed by atoms with Crippen LogP contribution in [0.4, 0.5) is 18.9 Å². The van der Waals surface area contributed by atoms with Gasteiger partial charge in [0.1, 0.15) is 0 Å². The Hall–Kier alpha value is -0.880. The Morgan fingerprint density at radius 3 is 2.50 bits per heavy atom. The number of rotatable bonds is 2. The molecular formula is C12H15F3N2S. The second kappa shape index (κ2) is 5.40. The highest BCUT2D eigenvalue weighted by Gasteiger charge is 2.29. The molecule has 1 aliphatic rings. The molecule has 1 aromatic carbocycles. The van der Waals surface area contributed by atoms with Gasteiger partial charge in [-0.1, -0.05) is 0 Å². The molecule has 0 radical (unpaired) electrons. The van der Waals surface area contributed by atoms with E-state index in [1.807, 2.05) is 0 Å².